The van der Waals surface area contributed by atoms with Crippen LogP contribution in [0.1, 0.15) is 13.3 Å². The fourth-order valence-corrected chi connectivity index (χ4v) is 4.18. The molecule has 2 aliphatic rings. The fraction of sp³-hybridized carbons (Fsp3) is 0.435. The quantitative estimate of drug-likeness (QED) is 0.558. The number of rotatable bonds is 6. The van der Waals surface area contributed by atoms with E-state index in [1.165, 1.54) is 20.3 Å². The zero-order chi connectivity index (χ0) is 23.3. The number of methoxy groups -OCH3 is 3. The molecule has 1 aromatic carbocycles. The highest BCUT2D eigenvalue weighted by atomic mass is 19.1. The van der Waals surface area contributed by atoms with Crippen LogP contribution in [0.3, 0.4) is 0 Å². The van der Waals surface area contributed by atoms with Crippen molar-refractivity contribution in [1.29, 1.82) is 0 Å². The van der Waals surface area contributed by atoms with E-state index in [-0.39, 0.29) is 28.4 Å². The lowest BCUT2D eigenvalue weighted by atomic mass is 9.96. The van der Waals surface area contributed by atoms with Crippen LogP contribution in [-0.2, 0) is 4.74 Å². The number of anilines is 2. The van der Waals surface area contributed by atoms with Gasteiger partial charge in [-0.1, -0.05) is 0 Å². The van der Waals surface area contributed by atoms with E-state index in [9.17, 15) is 0 Å². The van der Waals surface area contributed by atoms with Crippen molar-refractivity contribution in [3.05, 3.63) is 30.0 Å². The second-order valence-corrected chi connectivity index (χ2v) is 8.57. The number of hydrogen-bond donors (Lipinski definition) is 0. The number of fused-ring (bicyclic) bond motifs is 1. The van der Waals surface area contributed by atoms with Crippen molar-refractivity contribution in [1.82, 2.24) is 15.0 Å². The molecule has 33 heavy (non-hydrogen) atoms. The van der Waals surface area contributed by atoms with Crippen LogP contribution >= 0.6 is 0 Å². The highest BCUT2D eigenvalue weighted by molar-refractivity contribution is 5.93. The van der Waals surface area contributed by atoms with E-state index in [0.717, 1.165) is 19.5 Å². The summed E-state index contributed by atoms with van der Waals surface area (Å²) in [5, 5.41) is 0.630. The highest BCUT2D eigenvalue weighted by Gasteiger charge is 2.41. The molecule has 174 valence electrons. The van der Waals surface area contributed by atoms with Crippen LogP contribution in [0.2, 0.25) is 0 Å². The summed E-state index contributed by atoms with van der Waals surface area (Å²) in [5.74, 6) is -0.810. The Bertz CT molecular complexity index is 1200. The fourth-order valence-electron chi connectivity index (χ4n) is 4.18. The molecule has 0 unspecified atom stereocenters. The number of hydrogen-bond acceptors (Lipinski definition) is 8. The van der Waals surface area contributed by atoms with Gasteiger partial charge < -0.3 is 24.0 Å². The minimum absolute atomic E-state index is 0.107. The second kappa shape index (κ2) is 7.95. The van der Waals surface area contributed by atoms with Gasteiger partial charge in [-0.15, -0.1) is 0 Å². The summed E-state index contributed by atoms with van der Waals surface area (Å²) >= 11 is 0. The Kier molecular flexibility index (Phi) is 5.19. The molecule has 0 spiro atoms. The molecule has 10 heteroatoms. The maximum Gasteiger partial charge on any atom is 0.226 e. The average Bonchev–Trinajstić information content (AvgIpc) is 2.75. The molecule has 2 aromatic heterocycles. The Labute approximate surface area is 190 Å². The molecule has 4 heterocycles. The lowest BCUT2D eigenvalue weighted by molar-refractivity contribution is -0.0170. The first-order valence-corrected chi connectivity index (χ1v) is 10.7. The lowest BCUT2D eigenvalue weighted by Crippen LogP contribution is -2.61. The normalized spacial score (nSPS) is 17.0. The van der Waals surface area contributed by atoms with Crippen LogP contribution in [0.15, 0.2) is 18.3 Å². The largest absolute Gasteiger partial charge is 0.494 e. The molecular weight excluding hydrogens is 432 g/mol. The maximum absolute atomic E-state index is 15.2. The zero-order valence-electron chi connectivity index (χ0n) is 19.0. The Morgan fingerprint density at radius 2 is 1.61 bits per heavy atom. The first-order chi connectivity index (χ1) is 15.9. The van der Waals surface area contributed by atoms with Gasteiger partial charge in [0, 0.05) is 37.8 Å². The van der Waals surface area contributed by atoms with Gasteiger partial charge in [0.25, 0.3) is 0 Å². The molecule has 0 radical (unpaired) electrons. The van der Waals surface area contributed by atoms with Gasteiger partial charge in [-0.25, -0.2) is 23.7 Å². The van der Waals surface area contributed by atoms with Crippen LogP contribution in [0.5, 0.6) is 11.5 Å². The summed E-state index contributed by atoms with van der Waals surface area (Å²) in [5.41, 5.74) is 0.0872. The van der Waals surface area contributed by atoms with Crippen molar-refractivity contribution in [3.8, 4) is 22.8 Å². The molecule has 0 bridgehead atoms. The SMILES string of the molecule is COc1cc(OC)c(F)c(-c2cc3cnc(N4CCC4)nc3c(N3CC(C)(OC)C3)n2)c1F. The van der Waals surface area contributed by atoms with Crippen molar-refractivity contribution >= 4 is 22.7 Å². The predicted octanol–water partition coefficient (Wildman–Crippen LogP) is 3.42. The van der Waals surface area contributed by atoms with Gasteiger partial charge in [-0.05, 0) is 19.4 Å². The summed E-state index contributed by atoms with van der Waals surface area (Å²) in [7, 11) is 4.29. The Morgan fingerprint density at radius 1 is 0.939 bits per heavy atom. The van der Waals surface area contributed by atoms with Gasteiger partial charge in [0.05, 0.1) is 44.2 Å². The van der Waals surface area contributed by atoms with Crippen molar-refractivity contribution in [3.63, 3.8) is 0 Å². The summed E-state index contributed by atoms with van der Waals surface area (Å²) in [6.07, 6.45) is 2.77. The summed E-state index contributed by atoms with van der Waals surface area (Å²) in [6, 6.07) is 2.77. The number of aromatic nitrogens is 3. The molecule has 3 aromatic rings. The molecule has 0 N–H and O–H groups in total. The number of nitrogens with zero attached hydrogens (tertiary/aromatic N) is 5. The van der Waals surface area contributed by atoms with Gasteiger partial charge in [0.15, 0.2) is 29.0 Å². The molecule has 0 atom stereocenters. The Hall–Kier alpha value is -3.27. The van der Waals surface area contributed by atoms with Crippen molar-refractivity contribution in [2.24, 2.45) is 0 Å². The smallest absolute Gasteiger partial charge is 0.226 e. The van der Waals surface area contributed by atoms with E-state index in [0.29, 0.717) is 35.8 Å². The molecule has 2 saturated heterocycles. The van der Waals surface area contributed by atoms with Gasteiger partial charge in [0.2, 0.25) is 5.95 Å². The van der Waals surface area contributed by atoms with E-state index in [2.05, 4.69) is 14.9 Å². The lowest BCUT2D eigenvalue weighted by Gasteiger charge is -2.47. The van der Waals surface area contributed by atoms with Crippen molar-refractivity contribution in [2.45, 2.75) is 18.9 Å². The summed E-state index contributed by atoms with van der Waals surface area (Å²) in [6.45, 7) is 4.95. The number of benzene rings is 1. The molecule has 2 fully saturated rings. The molecule has 2 aliphatic heterocycles. The molecule has 5 rings (SSSR count). The first-order valence-electron chi connectivity index (χ1n) is 10.7. The average molecular weight is 457 g/mol. The van der Waals surface area contributed by atoms with Crippen LogP contribution < -0.4 is 19.3 Å². The van der Waals surface area contributed by atoms with Crippen molar-refractivity contribution < 1.29 is 23.0 Å². The number of halogens is 2. The van der Waals surface area contributed by atoms with E-state index >= 15 is 8.78 Å². The molecule has 0 amide bonds. The third-order valence-corrected chi connectivity index (χ3v) is 6.35. The minimum atomic E-state index is -0.850. The monoisotopic (exact) mass is 457 g/mol. The molecular formula is C23H25F2N5O3. The molecule has 0 saturated carbocycles. The van der Waals surface area contributed by atoms with E-state index in [1.54, 1.807) is 19.4 Å². The third-order valence-electron chi connectivity index (χ3n) is 6.35. The predicted molar refractivity (Wildman–Crippen MR) is 120 cm³/mol. The summed E-state index contributed by atoms with van der Waals surface area (Å²) < 4.78 is 46.2. The van der Waals surface area contributed by atoms with E-state index in [4.69, 9.17) is 19.2 Å². The highest BCUT2D eigenvalue weighted by Crippen LogP contribution is 2.40. The van der Waals surface area contributed by atoms with Crippen LogP contribution in [-0.4, -0.2) is 68.1 Å². The Morgan fingerprint density at radius 3 is 2.15 bits per heavy atom. The van der Waals surface area contributed by atoms with Gasteiger partial charge in [0.1, 0.15) is 5.52 Å². The van der Waals surface area contributed by atoms with Crippen LogP contribution in [0, 0.1) is 11.6 Å². The van der Waals surface area contributed by atoms with Crippen LogP contribution in [0.25, 0.3) is 22.2 Å². The van der Waals surface area contributed by atoms with E-state index < -0.39 is 11.6 Å². The molecule has 8 nitrogen and oxygen atoms in total. The van der Waals surface area contributed by atoms with Gasteiger partial charge in [-0.3, -0.25) is 0 Å². The topological polar surface area (TPSA) is 72.8 Å². The minimum Gasteiger partial charge on any atom is -0.494 e. The van der Waals surface area contributed by atoms with Crippen LogP contribution in [0.4, 0.5) is 20.5 Å². The summed E-state index contributed by atoms with van der Waals surface area (Å²) in [4.78, 5) is 18.0. The van der Waals surface area contributed by atoms with E-state index in [1.807, 2.05) is 11.8 Å². The standard InChI is InChI=1S/C23H25F2N5O3/c1-23(33-4)11-30(12-23)21-20-13(10-26-22(28-20)29-6-5-7-29)8-14(27-21)17-18(24)15(31-2)9-16(32-3)19(17)25/h8-10H,5-7,11-12H2,1-4H3. The Balaban J connectivity index is 1.70. The number of ether oxygens (including phenoxy) is 3. The first kappa shape index (κ1) is 21.6. The number of pyridine rings is 1. The zero-order valence-corrected chi connectivity index (χ0v) is 19.0. The van der Waals surface area contributed by atoms with Gasteiger partial charge >= 0.3 is 0 Å². The second-order valence-electron chi connectivity index (χ2n) is 8.57. The maximum atomic E-state index is 15.2. The van der Waals surface area contributed by atoms with Crippen molar-refractivity contribution in [2.75, 3.05) is 57.3 Å². The third kappa shape index (κ3) is 3.49. The van der Waals surface area contributed by atoms with Gasteiger partial charge in [-0.2, -0.15) is 0 Å². The molecule has 0 aliphatic carbocycles.